The largest absolute Gasteiger partial charge is 0.405 e. The zero-order valence-corrected chi connectivity index (χ0v) is 8.30. The summed E-state index contributed by atoms with van der Waals surface area (Å²) in [6.07, 6.45) is -2.10. The number of hydrogen-bond acceptors (Lipinski definition) is 4. The van der Waals surface area contributed by atoms with E-state index in [-0.39, 0.29) is 12.2 Å². The molecule has 0 saturated carbocycles. The molecule has 0 aliphatic rings. The van der Waals surface area contributed by atoms with Crippen LogP contribution in [0.25, 0.3) is 0 Å². The smallest absolute Gasteiger partial charge is 0.375 e. The summed E-state index contributed by atoms with van der Waals surface area (Å²) < 4.78 is 35.9. The predicted molar refractivity (Wildman–Crippen MR) is 54.6 cm³/mol. The molecule has 0 amide bonds. The van der Waals surface area contributed by atoms with E-state index < -0.39 is 12.7 Å². The van der Waals surface area contributed by atoms with Crippen LogP contribution in [0.5, 0.6) is 0 Å². The molecule has 88 valence electrons. The van der Waals surface area contributed by atoms with Crippen molar-refractivity contribution in [3.05, 3.63) is 23.5 Å². The highest BCUT2D eigenvalue weighted by atomic mass is 19.4. The van der Waals surface area contributed by atoms with E-state index in [0.717, 1.165) is 6.21 Å². The summed E-state index contributed by atoms with van der Waals surface area (Å²) in [5, 5.41) is 9.25. The first-order valence-electron chi connectivity index (χ1n) is 4.46. The molecule has 16 heavy (non-hydrogen) atoms. The monoisotopic (exact) mass is 232 g/mol. The Balaban J connectivity index is 2.84. The minimum Gasteiger partial charge on any atom is -0.375 e. The fourth-order valence-corrected chi connectivity index (χ4v) is 1.09. The second kappa shape index (κ2) is 4.93. The van der Waals surface area contributed by atoms with Crippen LogP contribution in [0.15, 0.2) is 12.3 Å². The standard InChI is InChI=1S/C9H11F3N4/c10-9(11,12)5-16-8-4-15-7(3-14)1-6(8)2-13/h1-2,4,13,16H,3,5,14H2. The fourth-order valence-electron chi connectivity index (χ4n) is 1.09. The maximum atomic E-state index is 12.0. The first kappa shape index (κ1) is 12.4. The zero-order chi connectivity index (χ0) is 12.2. The quantitative estimate of drug-likeness (QED) is 0.689. The molecule has 0 aliphatic carbocycles. The molecular weight excluding hydrogens is 221 g/mol. The van der Waals surface area contributed by atoms with Crippen molar-refractivity contribution in [1.29, 1.82) is 5.41 Å². The van der Waals surface area contributed by atoms with Crippen LogP contribution in [0.1, 0.15) is 11.3 Å². The van der Waals surface area contributed by atoms with Crippen molar-refractivity contribution in [3.8, 4) is 0 Å². The van der Waals surface area contributed by atoms with Gasteiger partial charge in [0.25, 0.3) is 0 Å². The molecule has 0 unspecified atom stereocenters. The van der Waals surface area contributed by atoms with Gasteiger partial charge in [-0.25, -0.2) is 0 Å². The number of hydrogen-bond donors (Lipinski definition) is 3. The van der Waals surface area contributed by atoms with Gasteiger partial charge in [0.1, 0.15) is 6.54 Å². The average molecular weight is 232 g/mol. The number of alkyl halides is 3. The van der Waals surface area contributed by atoms with E-state index in [2.05, 4.69) is 10.3 Å². The third kappa shape index (κ3) is 3.50. The van der Waals surface area contributed by atoms with Crippen molar-refractivity contribution in [2.75, 3.05) is 11.9 Å². The minimum absolute atomic E-state index is 0.171. The number of pyridine rings is 1. The van der Waals surface area contributed by atoms with Gasteiger partial charge in [-0.2, -0.15) is 13.2 Å². The molecule has 0 spiro atoms. The Morgan fingerprint density at radius 2 is 2.19 bits per heavy atom. The lowest BCUT2D eigenvalue weighted by molar-refractivity contribution is -0.115. The number of nitrogens with one attached hydrogen (secondary N) is 2. The Morgan fingerprint density at radius 3 is 2.69 bits per heavy atom. The second-order valence-corrected chi connectivity index (χ2v) is 3.08. The topological polar surface area (TPSA) is 74.8 Å². The lowest BCUT2D eigenvalue weighted by Gasteiger charge is -2.11. The van der Waals surface area contributed by atoms with Crippen LogP contribution in [-0.4, -0.2) is 23.9 Å². The van der Waals surface area contributed by atoms with Crippen molar-refractivity contribution in [2.24, 2.45) is 5.73 Å². The summed E-state index contributed by atoms with van der Waals surface area (Å²) >= 11 is 0. The molecule has 0 fully saturated rings. The van der Waals surface area contributed by atoms with Crippen molar-refractivity contribution in [1.82, 2.24) is 4.98 Å². The number of rotatable bonds is 4. The Labute approximate surface area is 90.2 Å². The van der Waals surface area contributed by atoms with E-state index in [9.17, 15) is 13.2 Å². The summed E-state index contributed by atoms with van der Waals surface area (Å²) in [5.74, 6) is 0. The predicted octanol–water partition coefficient (Wildman–Crippen LogP) is 1.51. The minimum atomic E-state index is -4.30. The highest BCUT2D eigenvalue weighted by molar-refractivity contribution is 5.85. The number of nitrogens with zero attached hydrogens (tertiary/aromatic N) is 1. The van der Waals surface area contributed by atoms with Gasteiger partial charge in [-0.1, -0.05) is 0 Å². The normalized spacial score (nSPS) is 11.2. The van der Waals surface area contributed by atoms with Crippen LogP contribution in [0.4, 0.5) is 18.9 Å². The highest BCUT2D eigenvalue weighted by Crippen LogP contribution is 2.18. The van der Waals surface area contributed by atoms with Gasteiger partial charge in [-0.05, 0) is 6.07 Å². The molecule has 1 rings (SSSR count). The van der Waals surface area contributed by atoms with Crippen LogP contribution in [0.3, 0.4) is 0 Å². The van der Waals surface area contributed by atoms with Gasteiger partial charge in [0.15, 0.2) is 0 Å². The summed E-state index contributed by atoms with van der Waals surface area (Å²) in [7, 11) is 0. The summed E-state index contributed by atoms with van der Waals surface area (Å²) in [6.45, 7) is -0.974. The highest BCUT2D eigenvalue weighted by Gasteiger charge is 2.26. The molecule has 0 aromatic carbocycles. The van der Waals surface area contributed by atoms with Crippen LogP contribution in [0.2, 0.25) is 0 Å². The zero-order valence-electron chi connectivity index (χ0n) is 8.30. The number of halogens is 3. The SMILES string of the molecule is N=Cc1cc(CN)ncc1NCC(F)(F)F. The van der Waals surface area contributed by atoms with Crippen molar-refractivity contribution in [3.63, 3.8) is 0 Å². The number of nitrogens with two attached hydrogens (primary N) is 1. The molecule has 1 aromatic rings. The molecule has 4 nitrogen and oxygen atoms in total. The average Bonchev–Trinajstić information content (AvgIpc) is 2.25. The fraction of sp³-hybridized carbons (Fsp3) is 0.333. The van der Waals surface area contributed by atoms with Crippen LogP contribution in [0, 0.1) is 5.41 Å². The maximum absolute atomic E-state index is 12.0. The number of anilines is 1. The van der Waals surface area contributed by atoms with E-state index >= 15 is 0 Å². The Kier molecular flexibility index (Phi) is 3.83. The molecule has 0 aliphatic heterocycles. The van der Waals surface area contributed by atoms with Crippen molar-refractivity contribution < 1.29 is 13.2 Å². The van der Waals surface area contributed by atoms with E-state index in [0.29, 0.717) is 11.3 Å². The molecule has 0 saturated heterocycles. The molecular formula is C9H11F3N4. The van der Waals surface area contributed by atoms with Gasteiger partial charge in [-0.3, -0.25) is 4.98 Å². The van der Waals surface area contributed by atoms with Crippen LogP contribution >= 0.6 is 0 Å². The molecule has 0 atom stereocenters. The second-order valence-electron chi connectivity index (χ2n) is 3.08. The van der Waals surface area contributed by atoms with Crippen molar-refractivity contribution >= 4 is 11.9 Å². The molecule has 0 bridgehead atoms. The van der Waals surface area contributed by atoms with Gasteiger partial charge in [0, 0.05) is 18.3 Å². The lowest BCUT2D eigenvalue weighted by atomic mass is 10.2. The third-order valence-electron chi connectivity index (χ3n) is 1.84. The Morgan fingerprint density at radius 1 is 1.50 bits per heavy atom. The van der Waals surface area contributed by atoms with Crippen molar-refractivity contribution in [2.45, 2.75) is 12.7 Å². The van der Waals surface area contributed by atoms with E-state index in [1.54, 1.807) is 0 Å². The molecule has 1 heterocycles. The summed E-state index contributed by atoms with van der Waals surface area (Å²) in [5.41, 5.74) is 6.36. The Hall–Kier alpha value is -1.63. The summed E-state index contributed by atoms with van der Waals surface area (Å²) in [4.78, 5) is 3.85. The summed E-state index contributed by atoms with van der Waals surface area (Å²) in [6, 6.07) is 1.48. The molecule has 1 aromatic heterocycles. The molecule has 4 N–H and O–H groups in total. The third-order valence-corrected chi connectivity index (χ3v) is 1.84. The van der Waals surface area contributed by atoms with Gasteiger partial charge < -0.3 is 16.5 Å². The first-order valence-corrected chi connectivity index (χ1v) is 4.46. The van der Waals surface area contributed by atoms with E-state index in [1.165, 1.54) is 12.3 Å². The van der Waals surface area contributed by atoms with E-state index in [1.807, 2.05) is 0 Å². The van der Waals surface area contributed by atoms with Crippen LogP contribution < -0.4 is 11.1 Å². The maximum Gasteiger partial charge on any atom is 0.405 e. The van der Waals surface area contributed by atoms with Gasteiger partial charge >= 0.3 is 6.18 Å². The van der Waals surface area contributed by atoms with E-state index in [4.69, 9.17) is 11.1 Å². The van der Waals surface area contributed by atoms with Gasteiger partial charge in [-0.15, -0.1) is 0 Å². The molecule has 7 heteroatoms. The van der Waals surface area contributed by atoms with Gasteiger partial charge in [0.2, 0.25) is 0 Å². The Bertz CT molecular complexity index is 376. The lowest BCUT2D eigenvalue weighted by Crippen LogP contribution is -2.22. The number of aromatic nitrogens is 1. The van der Waals surface area contributed by atoms with Crippen LogP contribution in [-0.2, 0) is 6.54 Å². The molecule has 0 radical (unpaired) electrons. The first-order chi connectivity index (χ1) is 7.46. The van der Waals surface area contributed by atoms with Gasteiger partial charge in [0.05, 0.1) is 17.6 Å².